The maximum atomic E-state index is 12.7. The molecule has 2 aromatic carbocycles. The SMILES string of the molecule is NS(=O)(=O)c1c(OC2CCN(C[C@H](O)CNC(=O)c3c[nH]c(=O)c4ccccc34)CC2)ccc(Cl)c1Cl.O=C(O)C(F)(F)F. The van der Waals surface area contributed by atoms with Gasteiger partial charge in [-0.15, -0.1) is 0 Å². The first-order valence-corrected chi connectivity index (χ1v) is 15.1. The zero-order chi connectivity index (χ0) is 32.8. The van der Waals surface area contributed by atoms with Crippen LogP contribution in [-0.2, 0) is 14.8 Å². The van der Waals surface area contributed by atoms with Gasteiger partial charge in [-0.1, -0.05) is 41.4 Å². The van der Waals surface area contributed by atoms with E-state index in [1.54, 1.807) is 24.3 Å². The number of nitrogens with one attached hydrogen (secondary N) is 2. The van der Waals surface area contributed by atoms with Gasteiger partial charge in [0, 0.05) is 43.1 Å². The number of nitrogens with two attached hydrogens (primary N) is 1. The second-order valence-electron chi connectivity index (χ2n) is 9.60. The smallest absolute Gasteiger partial charge is 0.489 e. The van der Waals surface area contributed by atoms with Crippen LogP contribution in [0.25, 0.3) is 10.8 Å². The molecule has 240 valence electrons. The molecule has 0 spiro atoms. The van der Waals surface area contributed by atoms with Gasteiger partial charge in [0.25, 0.3) is 11.5 Å². The van der Waals surface area contributed by atoms with E-state index in [2.05, 4.69) is 10.3 Å². The Hall–Kier alpha value is -3.41. The van der Waals surface area contributed by atoms with Crippen LogP contribution in [0, 0.1) is 0 Å². The Morgan fingerprint density at radius 3 is 2.30 bits per heavy atom. The molecule has 0 bridgehead atoms. The second kappa shape index (κ2) is 14.6. The Kier molecular flexibility index (Phi) is 11.6. The number of aromatic amines is 1. The topological polar surface area (TPSA) is 192 Å². The van der Waals surface area contributed by atoms with Crippen molar-refractivity contribution in [3.8, 4) is 5.75 Å². The fourth-order valence-corrected chi connectivity index (χ4v) is 5.78. The number of carboxylic acids is 1. The molecule has 1 aliphatic heterocycles. The fraction of sp³-hybridized carbons (Fsp3) is 0.346. The predicted molar refractivity (Wildman–Crippen MR) is 155 cm³/mol. The number of benzene rings is 2. The van der Waals surface area contributed by atoms with E-state index in [1.807, 2.05) is 4.90 Å². The third-order valence-electron chi connectivity index (χ3n) is 6.39. The van der Waals surface area contributed by atoms with E-state index in [-0.39, 0.29) is 38.9 Å². The molecule has 2 heterocycles. The number of aromatic nitrogens is 1. The Labute approximate surface area is 258 Å². The molecular formula is C26H27Cl2F3N4O8S. The molecule has 4 rings (SSSR count). The first kappa shape index (κ1) is 35.1. The van der Waals surface area contributed by atoms with E-state index in [9.17, 15) is 36.3 Å². The number of rotatable bonds is 8. The molecule has 1 aromatic heterocycles. The van der Waals surface area contributed by atoms with Crippen LogP contribution in [-0.4, -0.2) is 85.0 Å². The molecule has 3 aromatic rings. The zero-order valence-electron chi connectivity index (χ0n) is 22.6. The maximum absolute atomic E-state index is 12.7. The second-order valence-corrected chi connectivity index (χ2v) is 11.9. The molecule has 0 saturated carbocycles. The third-order valence-corrected chi connectivity index (χ3v) is 8.28. The van der Waals surface area contributed by atoms with Crippen LogP contribution >= 0.6 is 23.2 Å². The van der Waals surface area contributed by atoms with E-state index in [0.29, 0.717) is 48.8 Å². The van der Waals surface area contributed by atoms with Crippen molar-refractivity contribution >= 4 is 55.9 Å². The molecule has 0 unspecified atom stereocenters. The lowest BCUT2D eigenvalue weighted by Gasteiger charge is -2.33. The van der Waals surface area contributed by atoms with Crippen LogP contribution < -0.4 is 20.8 Å². The summed E-state index contributed by atoms with van der Waals surface area (Å²) >= 11 is 12.0. The van der Waals surface area contributed by atoms with Gasteiger partial charge in [-0.2, -0.15) is 13.2 Å². The van der Waals surface area contributed by atoms with E-state index < -0.39 is 34.2 Å². The molecule has 1 fully saturated rings. The summed E-state index contributed by atoms with van der Waals surface area (Å²) in [6.07, 6.45) is -3.66. The highest BCUT2D eigenvalue weighted by atomic mass is 35.5. The number of hydrogen-bond donors (Lipinski definition) is 5. The molecule has 6 N–H and O–H groups in total. The highest BCUT2D eigenvalue weighted by molar-refractivity contribution is 7.89. The van der Waals surface area contributed by atoms with Crippen molar-refractivity contribution in [2.45, 2.75) is 36.1 Å². The molecule has 0 radical (unpaired) electrons. The molecule has 1 atom stereocenters. The lowest BCUT2D eigenvalue weighted by molar-refractivity contribution is -0.192. The first-order chi connectivity index (χ1) is 20.5. The van der Waals surface area contributed by atoms with Crippen LogP contribution in [0.15, 0.2) is 52.3 Å². The fourth-order valence-electron chi connectivity index (χ4n) is 4.33. The van der Waals surface area contributed by atoms with E-state index in [1.165, 1.54) is 18.3 Å². The summed E-state index contributed by atoms with van der Waals surface area (Å²) in [4.78, 5) is 37.8. The van der Waals surface area contributed by atoms with Gasteiger partial charge in [-0.3, -0.25) is 9.59 Å². The van der Waals surface area contributed by atoms with Crippen molar-refractivity contribution in [3.05, 3.63) is 68.6 Å². The summed E-state index contributed by atoms with van der Waals surface area (Å²) in [5.41, 5.74) is 0.0427. The normalized spacial score (nSPS) is 15.2. The molecule has 44 heavy (non-hydrogen) atoms. The number of likely N-dealkylation sites (tertiary alicyclic amines) is 1. The number of β-amino-alcohol motifs (C(OH)–C–C–N with tert-alkyl or cyclic N) is 1. The van der Waals surface area contributed by atoms with E-state index >= 15 is 0 Å². The first-order valence-electron chi connectivity index (χ1n) is 12.8. The van der Waals surface area contributed by atoms with Crippen molar-refractivity contribution in [2.75, 3.05) is 26.2 Å². The van der Waals surface area contributed by atoms with Crippen LogP contribution in [0.4, 0.5) is 13.2 Å². The van der Waals surface area contributed by atoms with Gasteiger partial charge in [-0.05, 0) is 31.0 Å². The minimum atomic E-state index is -5.08. The Morgan fingerprint density at radius 2 is 1.73 bits per heavy atom. The number of sulfonamides is 1. The van der Waals surface area contributed by atoms with Crippen molar-refractivity contribution in [1.82, 2.24) is 15.2 Å². The highest BCUT2D eigenvalue weighted by Gasteiger charge is 2.38. The van der Waals surface area contributed by atoms with Crippen LogP contribution in [0.2, 0.25) is 10.0 Å². The number of aliphatic carboxylic acids is 1. The molecule has 0 aliphatic carbocycles. The number of pyridine rings is 1. The number of H-pyrrole nitrogens is 1. The van der Waals surface area contributed by atoms with Gasteiger partial charge in [0.15, 0.2) is 0 Å². The summed E-state index contributed by atoms with van der Waals surface area (Å²) in [5.74, 6) is -3.11. The summed E-state index contributed by atoms with van der Waals surface area (Å²) in [6, 6.07) is 9.69. The van der Waals surface area contributed by atoms with Crippen molar-refractivity contribution in [1.29, 1.82) is 0 Å². The summed E-state index contributed by atoms with van der Waals surface area (Å²) in [7, 11) is -4.15. The number of amides is 1. The molecular weight excluding hydrogens is 656 g/mol. The lowest BCUT2D eigenvalue weighted by Crippen LogP contribution is -2.45. The molecule has 1 amide bonds. The highest BCUT2D eigenvalue weighted by Crippen LogP contribution is 2.37. The standard InChI is InChI=1S/C24H26Cl2N4O6S.C2HF3O2/c25-19-5-6-20(22(21(19)26)37(27,34)35)36-15-7-9-30(10-8-15)13-14(31)11-28-24(33)18-12-29-23(32)17-4-2-1-3-16(17)18;3-2(4,5)1(6)7/h1-6,12,14-15,31H,7-11,13H2,(H,28,33)(H,29,32)(H2,27,34,35);(H,6,7)/t14-;/m1./s1. The largest absolute Gasteiger partial charge is 0.490 e. The number of primary sulfonamides is 1. The molecule has 12 nitrogen and oxygen atoms in total. The van der Waals surface area contributed by atoms with Crippen molar-refractivity contribution in [3.63, 3.8) is 0 Å². The number of carboxylic acid groups (broad SMARTS) is 1. The number of carbonyl (C=O) groups is 2. The number of carbonyl (C=O) groups excluding carboxylic acids is 1. The average Bonchev–Trinajstić information content (AvgIpc) is 2.94. The zero-order valence-corrected chi connectivity index (χ0v) is 24.9. The van der Waals surface area contributed by atoms with Gasteiger partial charge in [0.1, 0.15) is 16.7 Å². The average molecular weight is 683 g/mol. The van der Waals surface area contributed by atoms with Crippen LogP contribution in [0.5, 0.6) is 5.75 Å². The number of nitrogens with zero attached hydrogens (tertiary/aromatic N) is 1. The minimum absolute atomic E-state index is 0.0315. The van der Waals surface area contributed by atoms with Gasteiger partial charge < -0.3 is 30.2 Å². The number of fused-ring (bicyclic) bond motifs is 1. The maximum Gasteiger partial charge on any atom is 0.490 e. The molecule has 1 aliphatic rings. The number of piperidine rings is 1. The number of alkyl halides is 3. The minimum Gasteiger partial charge on any atom is -0.489 e. The van der Waals surface area contributed by atoms with Gasteiger partial charge in [0.05, 0.1) is 21.7 Å². The summed E-state index contributed by atoms with van der Waals surface area (Å²) in [5, 5.41) is 26.5. The van der Waals surface area contributed by atoms with Crippen LogP contribution in [0.3, 0.4) is 0 Å². The summed E-state index contributed by atoms with van der Waals surface area (Å²) < 4.78 is 61.6. The number of hydrogen-bond acceptors (Lipinski definition) is 8. The van der Waals surface area contributed by atoms with Gasteiger partial charge in [-0.25, -0.2) is 18.4 Å². The van der Waals surface area contributed by atoms with Gasteiger partial charge >= 0.3 is 12.1 Å². The monoisotopic (exact) mass is 682 g/mol. The number of aliphatic hydroxyl groups is 1. The van der Waals surface area contributed by atoms with Crippen molar-refractivity contribution in [2.24, 2.45) is 5.14 Å². The third kappa shape index (κ3) is 9.30. The molecule has 18 heteroatoms. The quantitative estimate of drug-likeness (QED) is 0.238. The predicted octanol–water partition coefficient (Wildman–Crippen LogP) is 2.75. The molecule has 1 saturated heterocycles. The van der Waals surface area contributed by atoms with E-state index in [4.69, 9.17) is 43.0 Å². The van der Waals surface area contributed by atoms with E-state index in [0.717, 1.165) is 0 Å². The lowest BCUT2D eigenvalue weighted by atomic mass is 10.1. The van der Waals surface area contributed by atoms with Crippen LogP contribution in [0.1, 0.15) is 23.2 Å². The number of aliphatic hydroxyl groups excluding tert-OH is 1. The van der Waals surface area contributed by atoms with Crippen molar-refractivity contribution < 1.29 is 46.1 Å². The Morgan fingerprint density at radius 1 is 1.14 bits per heavy atom. The number of ether oxygens (including phenoxy) is 1. The van der Waals surface area contributed by atoms with Gasteiger partial charge in [0.2, 0.25) is 10.0 Å². The summed E-state index contributed by atoms with van der Waals surface area (Å²) in [6.45, 7) is 1.54. The Bertz CT molecular complexity index is 1680. The number of halogens is 5. The Balaban J connectivity index is 0.000000676.